The number of cyclic esters (lactones) is 2. The average molecular weight is 1080 g/mol. The van der Waals surface area contributed by atoms with Gasteiger partial charge in [0.25, 0.3) is 11.8 Å². The molecular formula is C64H88N2O12. The molecule has 0 saturated heterocycles. The summed E-state index contributed by atoms with van der Waals surface area (Å²) in [6.07, 6.45) is 0.783. The first-order chi connectivity index (χ1) is 36.3. The fraction of sp³-hybridized carbons (Fsp3) is 0.562. The smallest absolute Gasteiger partial charge is 0.328 e. The lowest BCUT2D eigenvalue weighted by Crippen LogP contribution is -2.47. The molecule has 2 unspecified atom stereocenters. The molecule has 1 heterocycles. The summed E-state index contributed by atoms with van der Waals surface area (Å²) in [7, 11) is 0. The van der Waals surface area contributed by atoms with E-state index in [4.69, 9.17) is 28.4 Å². The van der Waals surface area contributed by atoms with Gasteiger partial charge in [-0.05, 0) is 100 Å². The second kappa shape index (κ2) is 24.9. The molecule has 78 heavy (non-hydrogen) atoms. The van der Waals surface area contributed by atoms with E-state index in [2.05, 4.69) is 118 Å². The molecule has 2 aliphatic rings. The fourth-order valence-electron chi connectivity index (χ4n) is 9.62. The molecule has 1 aliphatic heterocycles. The van der Waals surface area contributed by atoms with E-state index in [1.54, 1.807) is 0 Å². The second-order valence-corrected chi connectivity index (χ2v) is 26.0. The zero-order valence-electron chi connectivity index (χ0n) is 49.4. The molecule has 0 aromatic heterocycles. The number of benzene rings is 4. The van der Waals surface area contributed by atoms with Crippen LogP contribution in [0.4, 0.5) is 0 Å². The Kier molecular flexibility index (Phi) is 19.5. The van der Waals surface area contributed by atoms with Crippen molar-refractivity contribution in [2.45, 2.75) is 170 Å². The topological polar surface area (TPSA) is 188 Å². The van der Waals surface area contributed by atoms with E-state index in [0.29, 0.717) is 56.0 Å². The van der Waals surface area contributed by atoms with Crippen molar-refractivity contribution in [2.24, 2.45) is 11.8 Å². The van der Waals surface area contributed by atoms with Gasteiger partial charge in [0.15, 0.2) is 13.2 Å². The highest BCUT2D eigenvalue weighted by Crippen LogP contribution is 2.44. The van der Waals surface area contributed by atoms with Gasteiger partial charge in [-0.25, -0.2) is 9.59 Å². The Labute approximate surface area is 463 Å². The molecule has 10 bridgehead atoms. The number of rotatable bonds is 2. The van der Waals surface area contributed by atoms with Crippen LogP contribution >= 0.6 is 0 Å². The molecule has 4 N–H and O–H groups in total. The number of hydrogen-bond acceptors (Lipinski definition) is 12. The minimum absolute atomic E-state index is 0.0624. The molecule has 1 aliphatic carbocycles. The standard InChI is InChI=1S/C64H88N2O12/c1-37(2)53-59(71)75-21-19-73-17-18-74-20-22-76-60(72)54(38(3)4)66-52(68)36-78-58-45-25-41-29-47(61(5,6)7)27-39(55(41)69)23-43-31-49(63(11,12)13)32-44(57(43)77-35-51(67)65-53)24-40-28-48(62(8,9)10)30-42(56(40)70)26-46(58)34-50(33-45)64(14,15)16/h27-34,37-38,53-54,69-70H,17-26,35-36H2,1-16H3,(H,65,67)(H,66,68). The highest BCUT2D eigenvalue weighted by molar-refractivity contribution is 5.86. The maximum atomic E-state index is 14.1. The molecule has 0 fully saturated rings. The van der Waals surface area contributed by atoms with Crippen molar-refractivity contribution in [3.63, 3.8) is 0 Å². The van der Waals surface area contributed by atoms with Gasteiger partial charge in [0.05, 0.1) is 26.4 Å². The van der Waals surface area contributed by atoms with Crippen molar-refractivity contribution < 1.29 is 57.8 Å². The van der Waals surface area contributed by atoms with Gasteiger partial charge in [0, 0.05) is 25.7 Å². The number of esters is 2. The zero-order chi connectivity index (χ0) is 57.7. The fourth-order valence-corrected chi connectivity index (χ4v) is 9.62. The summed E-state index contributed by atoms with van der Waals surface area (Å²) in [6, 6.07) is 14.4. The molecule has 4 aromatic rings. The van der Waals surface area contributed by atoms with Crippen LogP contribution in [0, 0.1) is 11.8 Å². The van der Waals surface area contributed by atoms with E-state index in [1.165, 1.54) is 0 Å². The van der Waals surface area contributed by atoms with Gasteiger partial charge in [-0.1, -0.05) is 159 Å². The van der Waals surface area contributed by atoms with E-state index in [1.807, 2.05) is 52.0 Å². The number of carbonyl (C=O) groups excluding carboxylic acids is 4. The monoisotopic (exact) mass is 1080 g/mol. The minimum atomic E-state index is -0.989. The number of aromatic hydroxyl groups is 2. The quantitative estimate of drug-likeness (QED) is 0.123. The van der Waals surface area contributed by atoms with Gasteiger partial charge >= 0.3 is 11.9 Å². The molecule has 426 valence electrons. The predicted octanol–water partition coefficient (Wildman–Crippen LogP) is 10.1. The van der Waals surface area contributed by atoms with Gasteiger partial charge < -0.3 is 49.3 Å². The summed E-state index contributed by atoms with van der Waals surface area (Å²) in [5.74, 6) is -1.97. The lowest BCUT2D eigenvalue weighted by atomic mass is 9.79. The third-order valence-corrected chi connectivity index (χ3v) is 14.5. The van der Waals surface area contributed by atoms with Crippen LogP contribution in [0.25, 0.3) is 0 Å². The zero-order valence-corrected chi connectivity index (χ0v) is 49.4. The van der Waals surface area contributed by atoms with Crippen molar-refractivity contribution >= 4 is 23.8 Å². The number of carbonyl (C=O) groups is 4. The first kappa shape index (κ1) is 61.1. The summed E-state index contributed by atoms with van der Waals surface area (Å²) in [6.45, 7) is 32.3. The van der Waals surface area contributed by atoms with Gasteiger partial charge in [-0.2, -0.15) is 0 Å². The lowest BCUT2D eigenvalue weighted by Gasteiger charge is -2.28. The largest absolute Gasteiger partial charge is 0.507 e. The van der Waals surface area contributed by atoms with Gasteiger partial charge in [0.2, 0.25) is 0 Å². The van der Waals surface area contributed by atoms with Crippen LogP contribution in [0.2, 0.25) is 0 Å². The van der Waals surface area contributed by atoms with Crippen molar-refractivity contribution in [1.82, 2.24) is 10.6 Å². The summed E-state index contributed by atoms with van der Waals surface area (Å²) >= 11 is 0. The van der Waals surface area contributed by atoms with E-state index < -0.39 is 49.1 Å². The highest BCUT2D eigenvalue weighted by Gasteiger charge is 2.32. The molecule has 2 atom stereocenters. The number of ether oxygens (including phenoxy) is 6. The molecule has 14 heteroatoms. The van der Waals surface area contributed by atoms with Crippen molar-refractivity contribution in [2.75, 3.05) is 52.9 Å². The number of phenols is 2. The maximum Gasteiger partial charge on any atom is 0.328 e. The summed E-state index contributed by atoms with van der Waals surface area (Å²) < 4.78 is 35.8. The van der Waals surface area contributed by atoms with Crippen molar-refractivity contribution in [1.29, 1.82) is 0 Å². The van der Waals surface area contributed by atoms with Gasteiger partial charge in [-0.3, -0.25) is 9.59 Å². The second-order valence-electron chi connectivity index (χ2n) is 26.0. The Hall–Kier alpha value is -6.12. The van der Waals surface area contributed by atoms with E-state index >= 15 is 0 Å². The molecule has 4 aromatic carbocycles. The molecule has 0 saturated carbocycles. The summed E-state index contributed by atoms with van der Waals surface area (Å²) in [5, 5.41) is 31.2. The van der Waals surface area contributed by atoms with Crippen LogP contribution in [0.5, 0.6) is 23.0 Å². The Bertz CT molecular complexity index is 2530. The summed E-state index contributed by atoms with van der Waals surface area (Å²) in [5.41, 5.74) is 7.85. The third kappa shape index (κ3) is 15.8. The van der Waals surface area contributed by atoms with Crippen LogP contribution in [0.3, 0.4) is 0 Å². The minimum Gasteiger partial charge on any atom is -0.507 e. The molecule has 0 radical (unpaired) electrons. The number of hydrogen-bond donors (Lipinski definition) is 4. The van der Waals surface area contributed by atoms with Crippen LogP contribution in [0.1, 0.15) is 178 Å². The van der Waals surface area contributed by atoms with Crippen LogP contribution < -0.4 is 20.1 Å². The molecule has 6 rings (SSSR count). The summed E-state index contributed by atoms with van der Waals surface area (Å²) in [4.78, 5) is 55.2. The van der Waals surface area contributed by atoms with E-state index in [0.717, 1.165) is 22.3 Å². The SMILES string of the molecule is CC(C)C1NC(=O)COc2c3cc(C(C)(C)C)cc2Cc2cc(C(C)(C)C)cc(c2O)Cc2cc(C(C)(C)C)cc(c2OCC(=O)NC(C(C)C)C(=O)OCCOCCOCCOC1=O)Cc1cc(C(C)(C)C)cc(c1O)C3. The van der Waals surface area contributed by atoms with Crippen molar-refractivity contribution in [3.8, 4) is 23.0 Å². The molecule has 14 nitrogen and oxygen atoms in total. The maximum absolute atomic E-state index is 14.1. The number of fused-ring (bicyclic) bond motifs is 2. The Morgan fingerprint density at radius 2 is 0.641 bits per heavy atom. The Balaban J connectivity index is 1.64. The highest BCUT2D eigenvalue weighted by atomic mass is 16.6. The van der Waals surface area contributed by atoms with Crippen LogP contribution in [-0.2, 0) is 85.5 Å². The number of phenolic OH excluding ortho intramolecular Hbond substituents is 2. The third-order valence-electron chi connectivity index (χ3n) is 14.5. The normalized spacial score (nSPS) is 18.6. The average Bonchev–Trinajstić information content (AvgIpc) is 3.33. The Morgan fingerprint density at radius 3 is 0.885 bits per heavy atom. The van der Waals surface area contributed by atoms with Gasteiger partial charge in [0.1, 0.15) is 48.3 Å². The van der Waals surface area contributed by atoms with Crippen molar-refractivity contribution in [3.05, 3.63) is 115 Å². The molecule has 2 amide bonds. The Morgan fingerprint density at radius 1 is 0.397 bits per heavy atom. The van der Waals surface area contributed by atoms with Crippen LogP contribution in [-0.4, -0.2) is 98.9 Å². The van der Waals surface area contributed by atoms with Gasteiger partial charge in [-0.15, -0.1) is 0 Å². The first-order valence-corrected chi connectivity index (χ1v) is 27.7. The first-order valence-electron chi connectivity index (χ1n) is 27.7. The van der Waals surface area contributed by atoms with E-state index in [9.17, 15) is 29.4 Å². The predicted molar refractivity (Wildman–Crippen MR) is 303 cm³/mol. The van der Waals surface area contributed by atoms with E-state index in [-0.39, 0.29) is 110 Å². The number of nitrogens with one attached hydrogen (secondary N) is 2. The molecular weight excluding hydrogens is 989 g/mol. The molecule has 0 spiro atoms. The number of amides is 2. The van der Waals surface area contributed by atoms with Crippen LogP contribution in [0.15, 0.2) is 48.5 Å². The lowest BCUT2D eigenvalue weighted by molar-refractivity contribution is -0.152.